The number of aryl methyl sites for hydroxylation is 1. The molecule has 1 amide bonds. The predicted molar refractivity (Wildman–Crippen MR) is 87.2 cm³/mol. The van der Waals surface area contributed by atoms with Gasteiger partial charge in [0.2, 0.25) is 0 Å². The summed E-state index contributed by atoms with van der Waals surface area (Å²) < 4.78 is 0. The molecule has 0 aromatic heterocycles. The van der Waals surface area contributed by atoms with E-state index in [9.17, 15) is 9.59 Å². The molecule has 0 bridgehead atoms. The number of nitrogens with one attached hydrogen (secondary N) is 1. The monoisotopic (exact) mass is 337 g/mol. The minimum Gasteiger partial charge on any atom is -0.478 e. The van der Waals surface area contributed by atoms with Crippen LogP contribution in [0.15, 0.2) is 36.4 Å². The minimum atomic E-state index is -1.15. The Labute approximate surface area is 137 Å². The highest BCUT2D eigenvalue weighted by Crippen LogP contribution is 2.32. The second kappa shape index (κ2) is 6.81. The molecule has 0 heterocycles. The molecule has 2 aromatic carbocycles. The molecule has 2 aromatic rings. The van der Waals surface area contributed by atoms with Gasteiger partial charge in [-0.15, -0.1) is 0 Å². The Morgan fingerprint density at radius 1 is 1.09 bits per heavy atom. The fraction of sp³-hybridized carbons (Fsp3) is 0.125. The lowest BCUT2D eigenvalue weighted by Gasteiger charge is -2.10. The van der Waals surface area contributed by atoms with Crippen LogP contribution < -0.4 is 5.32 Å². The smallest absolute Gasteiger partial charge is 0.335 e. The molecule has 0 spiro atoms. The summed E-state index contributed by atoms with van der Waals surface area (Å²) in [5.74, 6) is -1.54. The number of hydrogen-bond donors (Lipinski definition) is 2. The summed E-state index contributed by atoms with van der Waals surface area (Å²) in [5, 5.41) is 11.8. The molecule has 0 atom stereocenters. The molecule has 2 rings (SSSR count). The summed E-state index contributed by atoms with van der Waals surface area (Å²) >= 11 is 11.9. The first-order valence-corrected chi connectivity index (χ1v) is 7.30. The van der Waals surface area contributed by atoms with Crippen molar-refractivity contribution in [1.82, 2.24) is 0 Å². The number of amides is 1. The summed E-state index contributed by atoms with van der Waals surface area (Å²) in [6.07, 6.45) is 0.879. The molecule has 0 aliphatic carbocycles. The average molecular weight is 338 g/mol. The number of rotatable bonds is 4. The van der Waals surface area contributed by atoms with Gasteiger partial charge < -0.3 is 10.4 Å². The molecular weight excluding hydrogens is 325 g/mol. The maximum atomic E-state index is 12.2. The first-order valence-electron chi connectivity index (χ1n) is 6.55. The number of carboxylic acids is 1. The third kappa shape index (κ3) is 3.59. The number of halogens is 2. The maximum absolute atomic E-state index is 12.2. The first kappa shape index (κ1) is 16.3. The van der Waals surface area contributed by atoms with Crippen LogP contribution in [0.5, 0.6) is 0 Å². The van der Waals surface area contributed by atoms with Crippen molar-refractivity contribution >= 4 is 40.8 Å². The zero-order chi connectivity index (χ0) is 16.3. The molecule has 0 saturated heterocycles. The van der Waals surface area contributed by atoms with Crippen molar-refractivity contribution in [3.8, 4) is 0 Å². The standard InChI is InChI=1S/C16H13Cl2NO3/c1-2-9-3-5-10(6-4-9)15(20)19-13-8-11(16(21)22)7-12(17)14(13)18/h3-8H,2H2,1H3,(H,19,20)(H,21,22). The van der Waals surface area contributed by atoms with Gasteiger partial charge in [0.1, 0.15) is 0 Å². The number of carbonyl (C=O) groups is 2. The summed E-state index contributed by atoms with van der Waals surface area (Å²) in [7, 11) is 0. The Morgan fingerprint density at radius 2 is 1.73 bits per heavy atom. The van der Waals surface area contributed by atoms with Gasteiger partial charge in [0.05, 0.1) is 21.3 Å². The fourth-order valence-corrected chi connectivity index (χ4v) is 2.27. The molecule has 114 valence electrons. The van der Waals surface area contributed by atoms with Gasteiger partial charge >= 0.3 is 5.97 Å². The van der Waals surface area contributed by atoms with Crippen molar-refractivity contribution in [2.24, 2.45) is 0 Å². The van der Waals surface area contributed by atoms with Crippen molar-refractivity contribution in [3.05, 3.63) is 63.1 Å². The second-order valence-corrected chi connectivity index (χ2v) is 5.41. The van der Waals surface area contributed by atoms with Gasteiger partial charge in [-0.3, -0.25) is 4.79 Å². The van der Waals surface area contributed by atoms with Crippen molar-refractivity contribution in [3.63, 3.8) is 0 Å². The number of anilines is 1. The number of benzene rings is 2. The summed E-state index contributed by atoms with van der Waals surface area (Å²) in [4.78, 5) is 23.2. The zero-order valence-corrected chi connectivity index (χ0v) is 13.2. The topological polar surface area (TPSA) is 66.4 Å². The van der Waals surface area contributed by atoms with Crippen LogP contribution in [0, 0.1) is 0 Å². The Hall–Kier alpha value is -2.04. The lowest BCUT2D eigenvalue weighted by atomic mass is 10.1. The molecular formula is C16H13Cl2NO3. The van der Waals surface area contributed by atoms with Crippen LogP contribution in [0.4, 0.5) is 5.69 Å². The highest BCUT2D eigenvalue weighted by molar-refractivity contribution is 6.44. The Balaban J connectivity index is 2.29. The van der Waals surface area contributed by atoms with E-state index < -0.39 is 5.97 Å². The number of hydrogen-bond acceptors (Lipinski definition) is 2. The van der Waals surface area contributed by atoms with Crippen molar-refractivity contribution in [2.45, 2.75) is 13.3 Å². The molecule has 0 aliphatic heterocycles. The van der Waals surface area contributed by atoms with E-state index in [0.717, 1.165) is 12.0 Å². The van der Waals surface area contributed by atoms with Crippen LogP contribution in [-0.2, 0) is 6.42 Å². The molecule has 4 nitrogen and oxygen atoms in total. The van der Waals surface area contributed by atoms with Crippen LogP contribution in [-0.4, -0.2) is 17.0 Å². The maximum Gasteiger partial charge on any atom is 0.335 e. The highest BCUT2D eigenvalue weighted by Gasteiger charge is 2.14. The molecule has 0 saturated carbocycles. The van der Waals surface area contributed by atoms with Gasteiger partial charge in [-0.1, -0.05) is 42.3 Å². The summed E-state index contributed by atoms with van der Waals surface area (Å²) in [5.41, 5.74) is 1.68. The third-order valence-corrected chi connectivity index (χ3v) is 3.95. The highest BCUT2D eigenvalue weighted by atomic mass is 35.5. The van der Waals surface area contributed by atoms with E-state index in [2.05, 4.69) is 5.32 Å². The molecule has 6 heteroatoms. The average Bonchev–Trinajstić information content (AvgIpc) is 2.51. The Bertz CT molecular complexity index is 727. The molecule has 2 N–H and O–H groups in total. The normalized spacial score (nSPS) is 10.3. The van der Waals surface area contributed by atoms with E-state index in [1.54, 1.807) is 12.1 Å². The number of carbonyl (C=O) groups excluding carboxylic acids is 1. The van der Waals surface area contributed by atoms with E-state index in [4.69, 9.17) is 28.3 Å². The lowest BCUT2D eigenvalue weighted by Crippen LogP contribution is -2.13. The minimum absolute atomic E-state index is 0.0500. The second-order valence-electron chi connectivity index (χ2n) is 4.63. The van der Waals surface area contributed by atoms with Gasteiger partial charge in [-0.2, -0.15) is 0 Å². The van der Waals surface area contributed by atoms with Crippen molar-refractivity contribution < 1.29 is 14.7 Å². The van der Waals surface area contributed by atoms with Crippen LogP contribution in [0.3, 0.4) is 0 Å². The first-order chi connectivity index (χ1) is 10.4. The van der Waals surface area contributed by atoms with Gasteiger partial charge in [0.25, 0.3) is 5.91 Å². The molecule has 0 unspecified atom stereocenters. The molecule has 0 fully saturated rings. The largest absolute Gasteiger partial charge is 0.478 e. The van der Waals surface area contributed by atoms with Crippen LogP contribution in [0.2, 0.25) is 10.0 Å². The van der Waals surface area contributed by atoms with E-state index in [1.807, 2.05) is 19.1 Å². The SMILES string of the molecule is CCc1ccc(C(=O)Nc2cc(C(=O)O)cc(Cl)c2Cl)cc1. The van der Waals surface area contributed by atoms with Crippen LogP contribution in [0.25, 0.3) is 0 Å². The molecule has 0 aliphatic rings. The van der Waals surface area contributed by atoms with Crippen molar-refractivity contribution in [1.29, 1.82) is 0 Å². The lowest BCUT2D eigenvalue weighted by molar-refractivity contribution is 0.0696. The summed E-state index contributed by atoms with van der Waals surface area (Å²) in [6.45, 7) is 2.02. The van der Waals surface area contributed by atoms with E-state index >= 15 is 0 Å². The summed E-state index contributed by atoms with van der Waals surface area (Å²) in [6, 6.07) is 9.62. The Kier molecular flexibility index (Phi) is 5.06. The molecule has 22 heavy (non-hydrogen) atoms. The van der Waals surface area contributed by atoms with E-state index in [-0.39, 0.29) is 27.2 Å². The number of carboxylic acid groups (broad SMARTS) is 1. The van der Waals surface area contributed by atoms with Crippen molar-refractivity contribution in [2.75, 3.05) is 5.32 Å². The van der Waals surface area contributed by atoms with Crippen LogP contribution in [0.1, 0.15) is 33.2 Å². The van der Waals surface area contributed by atoms with Gasteiger partial charge in [0.15, 0.2) is 0 Å². The van der Waals surface area contributed by atoms with Gasteiger partial charge in [0, 0.05) is 5.56 Å². The van der Waals surface area contributed by atoms with E-state index in [1.165, 1.54) is 12.1 Å². The van der Waals surface area contributed by atoms with Gasteiger partial charge in [-0.05, 0) is 36.2 Å². The number of aromatic carboxylic acids is 1. The Morgan fingerprint density at radius 3 is 2.27 bits per heavy atom. The zero-order valence-electron chi connectivity index (χ0n) is 11.7. The predicted octanol–water partition coefficient (Wildman–Crippen LogP) is 4.51. The van der Waals surface area contributed by atoms with E-state index in [0.29, 0.717) is 5.56 Å². The van der Waals surface area contributed by atoms with Gasteiger partial charge in [-0.25, -0.2) is 4.79 Å². The quantitative estimate of drug-likeness (QED) is 0.862. The molecule has 0 radical (unpaired) electrons. The third-order valence-electron chi connectivity index (χ3n) is 3.15. The van der Waals surface area contributed by atoms with Crippen LogP contribution >= 0.6 is 23.2 Å². The fourth-order valence-electron chi connectivity index (χ4n) is 1.89.